The van der Waals surface area contributed by atoms with Gasteiger partial charge in [-0.1, -0.05) is 60.1 Å². The second kappa shape index (κ2) is 9.87. The highest BCUT2D eigenvalue weighted by molar-refractivity contribution is 6.31. The van der Waals surface area contributed by atoms with Gasteiger partial charge in [-0.2, -0.15) is 5.10 Å². The first-order valence-corrected chi connectivity index (χ1v) is 11.0. The van der Waals surface area contributed by atoms with Crippen LogP contribution in [0.1, 0.15) is 24.0 Å². The zero-order valence-electron chi connectivity index (χ0n) is 18.1. The molecule has 1 aliphatic rings. The van der Waals surface area contributed by atoms with Crippen LogP contribution in [0.2, 0.25) is 5.02 Å². The summed E-state index contributed by atoms with van der Waals surface area (Å²) in [6.07, 6.45) is 2.32. The minimum Gasteiger partial charge on any atom is -0.341 e. The summed E-state index contributed by atoms with van der Waals surface area (Å²) >= 11 is 6.32. The largest absolute Gasteiger partial charge is 0.341 e. The summed E-state index contributed by atoms with van der Waals surface area (Å²) < 4.78 is 1.83. The van der Waals surface area contributed by atoms with Gasteiger partial charge in [-0.15, -0.1) is 0 Å². The molecule has 0 bridgehead atoms. The molecule has 0 aliphatic carbocycles. The van der Waals surface area contributed by atoms with Gasteiger partial charge in [0.25, 0.3) is 5.91 Å². The molecular formula is C24H24ClN5O3. The summed E-state index contributed by atoms with van der Waals surface area (Å²) in [5.41, 5.74) is 3.60. The Bertz CT molecular complexity index is 1180. The highest BCUT2D eigenvalue weighted by atomic mass is 35.5. The van der Waals surface area contributed by atoms with E-state index in [2.05, 4.69) is 10.6 Å². The molecule has 3 aromatic rings. The predicted molar refractivity (Wildman–Crippen MR) is 124 cm³/mol. The Morgan fingerprint density at radius 2 is 1.82 bits per heavy atom. The van der Waals surface area contributed by atoms with Crippen LogP contribution < -0.4 is 10.6 Å². The van der Waals surface area contributed by atoms with Crippen molar-refractivity contribution in [3.05, 3.63) is 76.9 Å². The van der Waals surface area contributed by atoms with Gasteiger partial charge in [0.15, 0.2) is 0 Å². The lowest BCUT2D eigenvalue weighted by atomic mass is 10.1. The molecule has 1 saturated heterocycles. The number of imide groups is 1. The molecular weight excluding hydrogens is 442 g/mol. The summed E-state index contributed by atoms with van der Waals surface area (Å²) in [6.45, 7) is 0.864. The second-order valence-electron chi connectivity index (χ2n) is 7.96. The Morgan fingerprint density at radius 1 is 1.09 bits per heavy atom. The maximum absolute atomic E-state index is 12.7. The molecule has 1 aromatic heterocycles. The van der Waals surface area contributed by atoms with Crippen LogP contribution in [0, 0.1) is 0 Å². The first-order valence-electron chi connectivity index (χ1n) is 10.6. The molecule has 170 valence electrons. The number of carbonyl (C=O) groups is 3. The van der Waals surface area contributed by atoms with E-state index in [9.17, 15) is 14.4 Å². The maximum atomic E-state index is 12.7. The van der Waals surface area contributed by atoms with E-state index in [1.165, 1.54) is 0 Å². The Morgan fingerprint density at radius 3 is 2.52 bits per heavy atom. The molecule has 0 spiro atoms. The van der Waals surface area contributed by atoms with Crippen molar-refractivity contribution in [2.75, 3.05) is 7.05 Å². The molecule has 2 N–H and O–H groups in total. The third kappa shape index (κ3) is 5.40. The van der Waals surface area contributed by atoms with Gasteiger partial charge in [0.1, 0.15) is 6.04 Å². The van der Waals surface area contributed by atoms with E-state index >= 15 is 0 Å². The monoisotopic (exact) mass is 465 g/mol. The zero-order valence-corrected chi connectivity index (χ0v) is 18.9. The molecule has 33 heavy (non-hydrogen) atoms. The van der Waals surface area contributed by atoms with Crippen LogP contribution in [0.3, 0.4) is 0 Å². The van der Waals surface area contributed by atoms with Crippen LogP contribution in [0.25, 0.3) is 11.3 Å². The van der Waals surface area contributed by atoms with E-state index in [0.29, 0.717) is 18.1 Å². The van der Waals surface area contributed by atoms with Crippen molar-refractivity contribution in [1.29, 1.82) is 0 Å². The average Bonchev–Trinajstić information content (AvgIpc) is 3.35. The number of aromatic nitrogens is 2. The quantitative estimate of drug-likeness (QED) is 0.499. The zero-order chi connectivity index (χ0) is 23.4. The van der Waals surface area contributed by atoms with Crippen LogP contribution in [0.5, 0.6) is 0 Å². The number of hydrogen-bond donors (Lipinski definition) is 2. The molecule has 2 aromatic carbocycles. The summed E-state index contributed by atoms with van der Waals surface area (Å²) in [7, 11) is 1.72. The summed E-state index contributed by atoms with van der Waals surface area (Å²) in [6, 6.07) is 16.2. The molecule has 1 aliphatic heterocycles. The maximum Gasteiger partial charge on any atom is 0.322 e. The third-order valence-corrected chi connectivity index (χ3v) is 5.88. The first kappa shape index (κ1) is 22.5. The number of benzene rings is 2. The van der Waals surface area contributed by atoms with Gasteiger partial charge in [0, 0.05) is 42.4 Å². The Labute approximate surface area is 196 Å². The minimum absolute atomic E-state index is 0.123. The van der Waals surface area contributed by atoms with Crippen molar-refractivity contribution >= 4 is 29.4 Å². The summed E-state index contributed by atoms with van der Waals surface area (Å²) in [5, 5.41) is 10.1. The van der Waals surface area contributed by atoms with Crippen LogP contribution in [0.4, 0.5) is 4.79 Å². The molecule has 0 saturated carbocycles. The minimum atomic E-state index is -0.673. The van der Waals surface area contributed by atoms with Gasteiger partial charge in [-0.25, -0.2) is 4.79 Å². The van der Waals surface area contributed by atoms with Crippen molar-refractivity contribution in [1.82, 2.24) is 25.3 Å². The van der Waals surface area contributed by atoms with E-state index in [0.717, 1.165) is 22.4 Å². The molecule has 1 unspecified atom stereocenters. The molecule has 1 atom stereocenters. The number of carbonyl (C=O) groups excluding carboxylic acids is 3. The van der Waals surface area contributed by atoms with Crippen LogP contribution in [-0.2, 0) is 22.7 Å². The Balaban J connectivity index is 1.50. The fraction of sp³-hybridized carbons (Fsp3) is 0.250. The highest BCUT2D eigenvalue weighted by Gasteiger charge is 2.30. The summed E-state index contributed by atoms with van der Waals surface area (Å²) in [4.78, 5) is 37.3. The lowest BCUT2D eigenvalue weighted by molar-refractivity contribution is -0.130. The number of amides is 4. The van der Waals surface area contributed by atoms with E-state index in [4.69, 9.17) is 16.7 Å². The van der Waals surface area contributed by atoms with Crippen molar-refractivity contribution in [3.8, 4) is 11.3 Å². The normalized spacial score (nSPS) is 15.3. The summed E-state index contributed by atoms with van der Waals surface area (Å²) in [5.74, 6) is -0.524. The fourth-order valence-electron chi connectivity index (χ4n) is 3.76. The van der Waals surface area contributed by atoms with Gasteiger partial charge in [0.05, 0.1) is 12.2 Å². The average molecular weight is 466 g/mol. The number of rotatable bonds is 8. The standard InChI is InChI=1S/C24H24ClN5O3/c1-29(21(31)12-11-20-23(32)27-24(33)26-20)13-18-15-30(14-17-9-5-6-10-19(17)25)28-22(18)16-7-3-2-4-8-16/h2-10,15,20H,11-14H2,1H3,(H2,26,27,32,33). The molecule has 2 heterocycles. The Hall–Kier alpha value is -3.65. The Kier molecular flexibility index (Phi) is 6.74. The fourth-order valence-corrected chi connectivity index (χ4v) is 3.96. The highest BCUT2D eigenvalue weighted by Crippen LogP contribution is 2.25. The predicted octanol–water partition coefficient (Wildman–Crippen LogP) is 3.20. The van der Waals surface area contributed by atoms with Gasteiger partial charge < -0.3 is 10.2 Å². The SMILES string of the molecule is CN(Cc1cn(Cc2ccccc2Cl)nc1-c1ccccc1)C(=O)CCC1NC(=O)NC1=O. The second-order valence-corrected chi connectivity index (χ2v) is 8.37. The van der Waals surface area contributed by atoms with E-state index in [-0.39, 0.29) is 18.7 Å². The lowest BCUT2D eigenvalue weighted by Crippen LogP contribution is -2.32. The number of nitrogens with zero attached hydrogens (tertiary/aromatic N) is 3. The number of nitrogens with one attached hydrogen (secondary N) is 2. The number of halogens is 1. The van der Waals surface area contributed by atoms with Gasteiger partial charge in [0.2, 0.25) is 5.91 Å². The first-order chi connectivity index (χ1) is 15.9. The van der Waals surface area contributed by atoms with Gasteiger partial charge in [-0.3, -0.25) is 19.6 Å². The molecule has 9 heteroatoms. The van der Waals surface area contributed by atoms with Gasteiger partial charge >= 0.3 is 6.03 Å². The molecule has 0 radical (unpaired) electrons. The topological polar surface area (TPSA) is 96.3 Å². The van der Waals surface area contributed by atoms with Crippen molar-refractivity contribution in [3.63, 3.8) is 0 Å². The molecule has 4 amide bonds. The van der Waals surface area contributed by atoms with Crippen LogP contribution >= 0.6 is 11.6 Å². The molecule has 4 rings (SSSR count). The van der Waals surface area contributed by atoms with E-state index in [1.807, 2.05) is 65.5 Å². The van der Waals surface area contributed by atoms with Crippen LogP contribution in [-0.4, -0.2) is 45.6 Å². The van der Waals surface area contributed by atoms with Crippen LogP contribution in [0.15, 0.2) is 60.8 Å². The van der Waals surface area contributed by atoms with E-state index < -0.39 is 18.0 Å². The van der Waals surface area contributed by atoms with Crippen molar-refractivity contribution in [2.45, 2.75) is 32.0 Å². The smallest absolute Gasteiger partial charge is 0.322 e. The van der Waals surface area contributed by atoms with Crippen molar-refractivity contribution < 1.29 is 14.4 Å². The molecule has 1 fully saturated rings. The lowest BCUT2D eigenvalue weighted by Gasteiger charge is -2.18. The van der Waals surface area contributed by atoms with Gasteiger partial charge in [-0.05, 0) is 18.1 Å². The van der Waals surface area contributed by atoms with E-state index in [1.54, 1.807) is 11.9 Å². The number of urea groups is 1. The van der Waals surface area contributed by atoms with Crippen molar-refractivity contribution in [2.24, 2.45) is 0 Å². The molecule has 8 nitrogen and oxygen atoms in total. The number of hydrogen-bond acceptors (Lipinski definition) is 4. The third-order valence-electron chi connectivity index (χ3n) is 5.51.